The number of cyclic esters (lactones) is 2. The minimum atomic E-state index is -0.517. The maximum absolute atomic E-state index is 11.4. The molecule has 2 aliphatic rings. The molecule has 0 spiro atoms. The zero-order valence-corrected chi connectivity index (χ0v) is 8.38. The second kappa shape index (κ2) is 3.62. The van der Waals surface area contributed by atoms with Gasteiger partial charge < -0.3 is 9.47 Å². The molecule has 0 saturated carbocycles. The molecular weight excluding hydrogens is 196 g/mol. The van der Waals surface area contributed by atoms with Crippen molar-refractivity contribution in [3.05, 3.63) is 24.8 Å². The molecule has 2 aliphatic heterocycles. The van der Waals surface area contributed by atoms with Crippen LogP contribution in [-0.2, 0) is 19.1 Å². The third-order valence-electron chi connectivity index (χ3n) is 2.77. The molecular formula is C11H12O4. The average Bonchev–Trinajstić information content (AvgIpc) is 2.69. The Kier molecular flexibility index (Phi) is 2.44. The zero-order chi connectivity index (χ0) is 11.0. The number of ether oxygens (including phenoxy) is 2. The Bertz CT molecular complexity index is 344. The Morgan fingerprint density at radius 3 is 2.33 bits per heavy atom. The Balaban J connectivity index is 2.32. The summed E-state index contributed by atoms with van der Waals surface area (Å²) >= 11 is 0. The van der Waals surface area contributed by atoms with Crippen LogP contribution >= 0.6 is 0 Å². The first kappa shape index (κ1) is 10.1. The van der Waals surface area contributed by atoms with Gasteiger partial charge in [-0.2, -0.15) is 0 Å². The summed E-state index contributed by atoms with van der Waals surface area (Å²) in [6, 6.07) is 0. The molecule has 0 amide bonds. The van der Waals surface area contributed by atoms with Crippen LogP contribution in [0.4, 0.5) is 0 Å². The lowest BCUT2D eigenvalue weighted by Crippen LogP contribution is -2.23. The maximum Gasteiger partial charge on any atom is 0.320 e. The molecule has 2 rings (SSSR count). The van der Waals surface area contributed by atoms with Crippen LogP contribution in [0, 0.1) is 11.8 Å². The van der Waals surface area contributed by atoms with E-state index >= 15 is 0 Å². The van der Waals surface area contributed by atoms with E-state index in [0.717, 1.165) is 0 Å². The van der Waals surface area contributed by atoms with Crippen LogP contribution < -0.4 is 0 Å². The molecule has 2 fully saturated rings. The van der Waals surface area contributed by atoms with E-state index in [1.54, 1.807) is 18.2 Å². The second-order valence-electron chi connectivity index (χ2n) is 3.62. The van der Waals surface area contributed by atoms with E-state index < -0.39 is 29.9 Å². The van der Waals surface area contributed by atoms with Crippen molar-refractivity contribution < 1.29 is 19.1 Å². The molecule has 2 unspecified atom stereocenters. The molecule has 80 valence electrons. The summed E-state index contributed by atoms with van der Waals surface area (Å²) in [5, 5.41) is 0. The lowest BCUT2D eigenvalue weighted by Gasteiger charge is -2.10. The van der Waals surface area contributed by atoms with Gasteiger partial charge in [0, 0.05) is 0 Å². The van der Waals surface area contributed by atoms with Gasteiger partial charge >= 0.3 is 11.9 Å². The Hall–Kier alpha value is -1.42. The van der Waals surface area contributed by atoms with Crippen molar-refractivity contribution >= 4 is 11.9 Å². The Morgan fingerprint density at radius 2 is 1.80 bits per heavy atom. The van der Waals surface area contributed by atoms with Gasteiger partial charge in [0.1, 0.15) is 11.8 Å². The summed E-state index contributed by atoms with van der Waals surface area (Å²) in [4.78, 5) is 22.8. The first-order valence-corrected chi connectivity index (χ1v) is 4.85. The number of hydrogen-bond donors (Lipinski definition) is 0. The molecule has 0 aromatic heterocycles. The van der Waals surface area contributed by atoms with Gasteiger partial charge in [0.2, 0.25) is 0 Å². The fourth-order valence-electron chi connectivity index (χ4n) is 2.11. The van der Waals surface area contributed by atoms with E-state index in [1.807, 2.05) is 6.92 Å². The second-order valence-corrected chi connectivity index (χ2v) is 3.62. The smallest absolute Gasteiger partial charge is 0.320 e. The first-order chi connectivity index (χ1) is 7.19. The van der Waals surface area contributed by atoms with Gasteiger partial charge in [-0.3, -0.25) is 9.59 Å². The predicted octanol–water partition coefficient (Wildman–Crippen LogP) is 0.832. The standard InChI is InChI=1S/C11H12O4/c1-3-5-7-9-8(6(4-2)14-7)10(12)15-11(9)13/h3-9H,2H2,1H3/b5-3-/t6?,7?,8-,9+/m0/s1. The van der Waals surface area contributed by atoms with Gasteiger partial charge in [0.15, 0.2) is 0 Å². The van der Waals surface area contributed by atoms with Gasteiger partial charge in [0.25, 0.3) is 0 Å². The quantitative estimate of drug-likeness (QED) is 0.383. The summed E-state index contributed by atoms with van der Waals surface area (Å²) < 4.78 is 10.1. The minimum Gasteiger partial charge on any atom is -0.393 e. The molecule has 2 heterocycles. The van der Waals surface area contributed by atoms with Gasteiger partial charge in [-0.25, -0.2) is 0 Å². The van der Waals surface area contributed by atoms with E-state index in [4.69, 9.17) is 4.74 Å². The highest BCUT2D eigenvalue weighted by Gasteiger charge is 2.56. The van der Waals surface area contributed by atoms with Crippen molar-refractivity contribution in [3.63, 3.8) is 0 Å². The van der Waals surface area contributed by atoms with Crippen LogP contribution in [0.3, 0.4) is 0 Å². The number of esters is 2. The monoisotopic (exact) mass is 208 g/mol. The van der Waals surface area contributed by atoms with Gasteiger partial charge in [-0.1, -0.05) is 18.2 Å². The van der Waals surface area contributed by atoms with Crippen LogP contribution in [-0.4, -0.2) is 24.1 Å². The molecule has 0 radical (unpaired) electrons. The van der Waals surface area contributed by atoms with Gasteiger partial charge in [0.05, 0.1) is 12.2 Å². The highest BCUT2D eigenvalue weighted by Crippen LogP contribution is 2.40. The molecule has 2 saturated heterocycles. The number of carbonyl (C=O) groups is 2. The van der Waals surface area contributed by atoms with E-state index in [9.17, 15) is 9.59 Å². The largest absolute Gasteiger partial charge is 0.393 e. The Morgan fingerprint density at radius 1 is 1.20 bits per heavy atom. The summed E-state index contributed by atoms with van der Waals surface area (Å²) in [5.74, 6) is -2.01. The number of hydrogen-bond acceptors (Lipinski definition) is 4. The van der Waals surface area contributed by atoms with E-state index in [1.165, 1.54) is 0 Å². The van der Waals surface area contributed by atoms with E-state index in [0.29, 0.717) is 0 Å². The molecule has 0 N–H and O–H groups in total. The number of carbonyl (C=O) groups excluding carboxylic acids is 2. The summed E-state index contributed by atoms with van der Waals surface area (Å²) in [6.07, 6.45) is 4.31. The van der Waals surface area contributed by atoms with Gasteiger partial charge in [-0.05, 0) is 6.92 Å². The topological polar surface area (TPSA) is 52.6 Å². The molecule has 4 atom stereocenters. The minimum absolute atomic E-state index is 0.373. The average molecular weight is 208 g/mol. The van der Waals surface area contributed by atoms with Crippen molar-refractivity contribution in [2.75, 3.05) is 0 Å². The highest BCUT2D eigenvalue weighted by molar-refractivity contribution is 5.98. The van der Waals surface area contributed by atoms with Crippen LogP contribution in [0.2, 0.25) is 0 Å². The number of rotatable bonds is 2. The Labute approximate surface area is 87.5 Å². The first-order valence-electron chi connectivity index (χ1n) is 4.85. The SMILES string of the molecule is C=CC1OC(/C=C\C)[C@H]2C(=O)OC(=O)[C@@H]12. The molecule has 4 nitrogen and oxygen atoms in total. The van der Waals surface area contributed by atoms with Crippen molar-refractivity contribution in [3.8, 4) is 0 Å². The third kappa shape index (κ3) is 1.41. The lowest BCUT2D eigenvalue weighted by atomic mass is 9.89. The molecule has 0 bridgehead atoms. The van der Waals surface area contributed by atoms with Crippen LogP contribution in [0.15, 0.2) is 24.8 Å². The van der Waals surface area contributed by atoms with Crippen molar-refractivity contribution in [2.45, 2.75) is 19.1 Å². The summed E-state index contributed by atoms with van der Waals surface area (Å²) in [5.41, 5.74) is 0. The van der Waals surface area contributed by atoms with Crippen LogP contribution in [0.1, 0.15) is 6.92 Å². The highest BCUT2D eigenvalue weighted by atomic mass is 16.6. The van der Waals surface area contributed by atoms with Crippen LogP contribution in [0.25, 0.3) is 0 Å². The molecule has 15 heavy (non-hydrogen) atoms. The third-order valence-corrected chi connectivity index (χ3v) is 2.77. The summed E-state index contributed by atoms with van der Waals surface area (Å²) in [7, 11) is 0. The van der Waals surface area contributed by atoms with Crippen molar-refractivity contribution in [1.82, 2.24) is 0 Å². The van der Waals surface area contributed by atoms with E-state index in [2.05, 4.69) is 11.3 Å². The van der Waals surface area contributed by atoms with Gasteiger partial charge in [-0.15, -0.1) is 6.58 Å². The number of fused-ring (bicyclic) bond motifs is 1. The molecule has 4 heteroatoms. The fourth-order valence-corrected chi connectivity index (χ4v) is 2.11. The predicted molar refractivity (Wildman–Crippen MR) is 51.8 cm³/mol. The normalized spacial score (nSPS) is 39.5. The van der Waals surface area contributed by atoms with Crippen LogP contribution in [0.5, 0.6) is 0 Å². The van der Waals surface area contributed by atoms with Crippen molar-refractivity contribution in [2.24, 2.45) is 11.8 Å². The number of allylic oxidation sites excluding steroid dienone is 1. The zero-order valence-electron chi connectivity index (χ0n) is 8.38. The summed E-state index contributed by atoms with van der Waals surface area (Å²) in [6.45, 7) is 5.42. The molecule has 0 aromatic rings. The molecule has 0 aliphatic carbocycles. The van der Waals surface area contributed by atoms with Crippen molar-refractivity contribution in [1.29, 1.82) is 0 Å². The lowest BCUT2D eigenvalue weighted by molar-refractivity contribution is -0.156. The maximum atomic E-state index is 11.4. The van der Waals surface area contributed by atoms with E-state index in [-0.39, 0.29) is 6.10 Å². The fraction of sp³-hybridized carbons (Fsp3) is 0.455. The molecule has 0 aromatic carbocycles.